The molecule has 2 N–H and O–H groups in total. The molecule has 0 aliphatic rings. The number of rotatable bonds is 10. The number of nitrogens with one attached hydrogen (secondary N) is 2. The normalized spacial score (nSPS) is 12.3. The number of guanidine groups is 1. The van der Waals surface area contributed by atoms with Crippen molar-refractivity contribution in [1.82, 2.24) is 10.6 Å². The summed E-state index contributed by atoms with van der Waals surface area (Å²) in [5, 5.41) is 6.39. The van der Waals surface area contributed by atoms with E-state index in [0.29, 0.717) is 38.0 Å². The van der Waals surface area contributed by atoms with Crippen LogP contribution in [0, 0.1) is 12.8 Å². The van der Waals surface area contributed by atoms with Gasteiger partial charge in [-0.05, 0) is 37.3 Å². The first kappa shape index (κ1) is 22.3. The Morgan fingerprint density at radius 3 is 2.62 bits per heavy atom. The minimum Gasteiger partial charge on any atom is -0.493 e. The lowest BCUT2D eigenvalue weighted by atomic mass is 10.1. The molecule has 1 aromatic rings. The summed E-state index contributed by atoms with van der Waals surface area (Å²) >= 11 is 0. The van der Waals surface area contributed by atoms with E-state index in [-0.39, 0.29) is 5.75 Å². The minimum atomic E-state index is -2.93. The number of ether oxygens (including phenoxy) is 1. The van der Waals surface area contributed by atoms with Gasteiger partial charge in [0.25, 0.3) is 0 Å². The zero-order valence-corrected chi connectivity index (χ0v) is 17.4. The van der Waals surface area contributed by atoms with Crippen molar-refractivity contribution >= 4 is 15.8 Å². The predicted molar refractivity (Wildman–Crippen MR) is 109 cm³/mol. The molecule has 0 amide bonds. The molecule has 0 bridgehead atoms. The molecule has 7 heteroatoms. The molecule has 1 rings (SSSR count). The number of aliphatic imine (C=N–C) groups is 1. The van der Waals surface area contributed by atoms with Crippen molar-refractivity contribution in [2.24, 2.45) is 10.9 Å². The lowest BCUT2D eigenvalue weighted by Gasteiger charge is -2.16. The summed E-state index contributed by atoms with van der Waals surface area (Å²) in [6, 6.07) is 6.18. The molecule has 0 radical (unpaired) electrons. The summed E-state index contributed by atoms with van der Waals surface area (Å²) in [5.74, 6) is 2.32. The molecule has 6 nitrogen and oxygen atoms in total. The minimum absolute atomic E-state index is 0.169. The third kappa shape index (κ3) is 9.65. The van der Waals surface area contributed by atoms with Crippen molar-refractivity contribution < 1.29 is 13.2 Å². The number of sulfone groups is 1. The van der Waals surface area contributed by atoms with Crippen LogP contribution in [0.2, 0.25) is 0 Å². The number of aryl methyl sites for hydroxylation is 1. The van der Waals surface area contributed by atoms with Gasteiger partial charge in [-0.15, -0.1) is 0 Å². The fourth-order valence-electron chi connectivity index (χ4n) is 2.29. The van der Waals surface area contributed by atoms with Crippen LogP contribution in [0.5, 0.6) is 5.75 Å². The van der Waals surface area contributed by atoms with E-state index in [4.69, 9.17) is 4.74 Å². The molecule has 0 fully saturated rings. The molecule has 0 saturated heterocycles. The van der Waals surface area contributed by atoms with Gasteiger partial charge in [-0.2, -0.15) is 0 Å². The van der Waals surface area contributed by atoms with Crippen LogP contribution in [0.3, 0.4) is 0 Å². The van der Waals surface area contributed by atoms with Crippen molar-refractivity contribution in [1.29, 1.82) is 0 Å². The second-order valence-electron chi connectivity index (χ2n) is 6.98. The van der Waals surface area contributed by atoms with Gasteiger partial charge in [-0.25, -0.2) is 8.42 Å². The standard InChI is InChI=1S/C19H33N3O3S/c1-15(2)9-11-25-18-13-16(3)7-8-17(18)14-22-19(20-4)21-10-6-12-26(5,23)24/h7-8,13,15H,6,9-12,14H2,1-5H3,(H2,20,21,22). The Morgan fingerprint density at radius 2 is 2.00 bits per heavy atom. The van der Waals surface area contributed by atoms with E-state index in [1.165, 1.54) is 6.26 Å². The van der Waals surface area contributed by atoms with Crippen LogP contribution >= 0.6 is 0 Å². The van der Waals surface area contributed by atoms with Gasteiger partial charge in [0.1, 0.15) is 15.6 Å². The molecule has 26 heavy (non-hydrogen) atoms. The first-order chi connectivity index (χ1) is 12.2. The van der Waals surface area contributed by atoms with Crippen LogP contribution < -0.4 is 15.4 Å². The highest BCUT2D eigenvalue weighted by Crippen LogP contribution is 2.21. The maximum absolute atomic E-state index is 11.2. The Balaban J connectivity index is 2.55. The van der Waals surface area contributed by atoms with Crippen molar-refractivity contribution in [2.75, 3.05) is 32.2 Å². The molecule has 1 aromatic carbocycles. The summed E-state index contributed by atoms with van der Waals surface area (Å²) < 4.78 is 28.3. The highest BCUT2D eigenvalue weighted by Gasteiger charge is 2.07. The topological polar surface area (TPSA) is 79.8 Å². The lowest BCUT2D eigenvalue weighted by molar-refractivity contribution is 0.286. The van der Waals surface area contributed by atoms with E-state index in [2.05, 4.69) is 54.6 Å². The van der Waals surface area contributed by atoms with E-state index < -0.39 is 9.84 Å². The van der Waals surface area contributed by atoms with Gasteiger partial charge >= 0.3 is 0 Å². The predicted octanol–water partition coefficient (Wildman–Crippen LogP) is 2.52. The quantitative estimate of drug-likeness (QED) is 0.369. The highest BCUT2D eigenvalue weighted by atomic mass is 32.2. The van der Waals surface area contributed by atoms with E-state index in [1.54, 1.807) is 7.05 Å². The fraction of sp³-hybridized carbons (Fsp3) is 0.632. The first-order valence-electron chi connectivity index (χ1n) is 9.06. The molecule has 0 spiro atoms. The molecule has 0 aromatic heterocycles. The zero-order valence-electron chi connectivity index (χ0n) is 16.6. The van der Waals surface area contributed by atoms with Gasteiger partial charge in [0.2, 0.25) is 0 Å². The summed E-state index contributed by atoms with van der Waals surface area (Å²) in [7, 11) is -1.23. The monoisotopic (exact) mass is 383 g/mol. The van der Waals surface area contributed by atoms with Crippen LogP contribution in [0.4, 0.5) is 0 Å². The van der Waals surface area contributed by atoms with Gasteiger partial charge in [0.05, 0.1) is 12.4 Å². The first-order valence-corrected chi connectivity index (χ1v) is 11.1. The van der Waals surface area contributed by atoms with E-state index in [0.717, 1.165) is 23.3 Å². The Morgan fingerprint density at radius 1 is 1.27 bits per heavy atom. The fourth-order valence-corrected chi connectivity index (χ4v) is 2.96. The number of hydrogen-bond donors (Lipinski definition) is 2. The number of benzene rings is 1. The molecule has 148 valence electrons. The third-order valence-electron chi connectivity index (χ3n) is 3.83. The van der Waals surface area contributed by atoms with Crippen LogP contribution in [0.15, 0.2) is 23.2 Å². The van der Waals surface area contributed by atoms with Crippen molar-refractivity contribution in [3.63, 3.8) is 0 Å². The molecule has 0 saturated carbocycles. The molecule has 0 unspecified atom stereocenters. The highest BCUT2D eigenvalue weighted by molar-refractivity contribution is 7.90. The molecule has 0 heterocycles. The summed E-state index contributed by atoms with van der Waals surface area (Å²) in [5.41, 5.74) is 2.23. The smallest absolute Gasteiger partial charge is 0.191 e. The third-order valence-corrected chi connectivity index (χ3v) is 4.86. The number of nitrogens with zero attached hydrogens (tertiary/aromatic N) is 1. The largest absolute Gasteiger partial charge is 0.493 e. The summed E-state index contributed by atoms with van der Waals surface area (Å²) in [4.78, 5) is 4.17. The van der Waals surface area contributed by atoms with E-state index in [1.807, 2.05) is 0 Å². The van der Waals surface area contributed by atoms with Gasteiger partial charge in [-0.1, -0.05) is 26.0 Å². The Kier molecular flexibility index (Phi) is 9.48. The maximum atomic E-state index is 11.2. The second-order valence-corrected chi connectivity index (χ2v) is 9.24. The van der Waals surface area contributed by atoms with Gasteiger partial charge in [0, 0.05) is 32.0 Å². The Labute approximate surface area is 158 Å². The van der Waals surface area contributed by atoms with Crippen LogP contribution in [0.25, 0.3) is 0 Å². The van der Waals surface area contributed by atoms with Crippen LogP contribution in [-0.4, -0.2) is 46.6 Å². The second kappa shape index (κ2) is 11.1. The summed E-state index contributed by atoms with van der Waals surface area (Å²) in [6.45, 7) is 8.26. The van der Waals surface area contributed by atoms with Gasteiger partial charge in [0.15, 0.2) is 5.96 Å². The lowest BCUT2D eigenvalue weighted by Crippen LogP contribution is -2.37. The average molecular weight is 384 g/mol. The van der Waals surface area contributed by atoms with Crippen molar-refractivity contribution in [3.8, 4) is 5.75 Å². The number of hydrogen-bond acceptors (Lipinski definition) is 4. The Hall–Kier alpha value is -1.76. The molecule has 0 aliphatic heterocycles. The molecule has 0 atom stereocenters. The van der Waals surface area contributed by atoms with E-state index >= 15 is 0 Å². The molecular formula is C19H33N3O3S. The van der Waals surface area contributed by atoms with Crippen LogP contribution in [-0.2, 0) is 16.4 Å². The maximum Gasteiger partial charge on any atom is 0.191 e. The Bertz CT molecular complexity index is 685. The average Bonchev–Trinajstić information content (AvgIpc) is 2.54. The summed E-state index contributed by atoms with van der Waals surface area (Å²) in [6.07, 6.45) is 2.82. The van der Waals surface area contributed by atoms with Crippen LogP contribution in [0.1, 0.15) is 37.8 Å². The van der Waals surface area contributed by atoms with E-state index in [9.17, 15) is 8.42 Å². The molecule has 0 aliphatic carbocycles. The zero-order chi connectivity index (χ0) is 19.6. The van der Waals surface area contributed by atoms with Crippen molar-refractivity contribution in [2.45, 2.75) is 40.2 Å². The van der Waals surface area contributed by atoms with Gasteiger partial charge in [-0.3, -0.25) is 4.99 Å². The SMILES string of the molecule is CN=C(NCCCS(C)(=O)=O)NCc1ccc(C)cc1OCCC(C)C. The van der Waals surface area contributed by atoms with Gasteiger partial charge < -0.3 is 15.4 Å². The molecular weight excluding hydrogens is 350 g/mol. The van der Waals surface area contributed by atoms with Crippen molar-refractivity contribution in [3.05, 3.63) is 29.3 Å².